The molecule has 292 valence electrons. The number of primary amides is 1. The van der Waals surface area contributed by atoms with Crippen LogP contribution in [0.2, 0.25) is 0 Å². The topological polar surface area (TPSA) is 264 Å². The Morgan fingerprint density at radius 2 is 1.68 bits per heavy atom. The second kappa shape index (κ2) is 15.4. The molecule has 4 amide bonds. The molecule has 53 heavy (non-hydrogen) atoms. The van der Waals surface area contributed by atoms with Crippen molar-refractivity contribution in [3.05, 3.63) is 41.7 Å². The van der Waals surface area contributed by atoms with E-state index in [1.165, 1.54) is 53.9 Å². The number of likely N-dealkylation sites (tertiary alicyclic amines) is 1. The van der Waals surface area contributed by atoms with E-state index < -0.39 is 79.1 Å². The summed E-state index contributed by atoms with van der Waals surface area (Å²) in [6.07, 6.45) is 6.74. The predicted molar refractivity (Wildman–Crippen MR) is 193 cm³/mol. The summed E-state index contributed by atoms with van der Waals surface area (Å²) in [5, 5.41) is 24.5. The van der Waals surface area contributed by atoms with Gasteiger partial charge in [-0.3, -0.25) is 33.1 Å². The first kappa shape index (κ1) is 40.3. The molecule has 3 heterocycles. The summed E-state index contributed by atoms with van der Waals surface area (Å²) < 4.78 is 46.0. The first-order valence-corrected chi connectivity index (χ1v) is 21.4. The van der Waals surface area contributed by atoms with E-state index >= 15 is 0 Å². The molecule has 3 atom stereocenters. The molecule has 19 heteroatoms. The fourth-order valence-electron chi connectivity index (χ4n) is 7.57. The fourth-order valence-corrected chi connectivity index (χ4v) is 9.76. The van der Waals surface area contributed by atoms with Crippen LogP contribution in [-0.4, -0.2) is 114 Å². The Morgan fingerprint density at radius 3 is 2.25 bits per heavy atom. The molecule has 1 aromatic carbocycles. The molecule has 2 aromatic rings. The van der Waals surface area contributed by atoms with E-state index in [4.69, 9.17) is 5.73 Å². The number of aliphatic hydroxyl groups is 1. The second-order valence-electron chi connectivity index (χ2n) is 15.1. The van der Waals surface area contributed by atoms with E-state index in [1.54, 1.807) is 0 Å². The summed E-state index contributed by atoms with van der Waals surface area (Å²) in [5.41, 5.74) is 2.60. The number of aromatic nitrogens is 3. The number of hydrogen-bond acceptors (Lipinski definition) is 12. The van der Waals surface area contributed by atoms with E-state index in [9.17, 15) is 46.6 Å². The maximum absolute atomic E-state index is 14.7. The third-order valence-corrected chi connectivity index (χ3v) is 13.4. The van der Waals surface area contributed by atoms with Gasteiger partial charge in [0.05, 0.1) is 22.8 Å². The van der Waals surface area contributed by atoms with Gasteiger partial charge in [0.1, 0.15) is 23.2 Å². The molecule has 1 aliphatic carbocycles. The Bertz CT molecular complexity index is 1830. The number of nitrogens with zero attached hydrogens (tertiary/aromatic N) is 4. The highest BCUT2D eigenvalue weighted by atomic mass is 32.3. The Labute approximate surface area is 309 Å². The lowest BCUT2D eigenvalue weighted by Gasteiger charge is -2.45. The van der Waals surface area contributed by atoms with Crippen LogP contribution in [0.25, 0.3) is 0 Å². The Hall–Kier alpha value is -3.91. The summed E-state index contributed by atoms with van der Waals surface area (Å²) in [7, 11) is -6.57. The number of carbonyl (C=O) groups excluding carboxylic acids is 5. The lowest BCUT2D eigenvalue weighted by Crippen LogP contribution is -2.64. The number of sulfone groups is 1. The van der Waals surface area contributed by atoms with Gasteiger partial charge in [-0.2, -0.15) is 10.6 Å². The zero-order valence-corrected chi connectivity index (χ0v) is 31.7. The number of benzene rings is 1. The summed E-state index contributed by atoms with van der Waals surface area (Å²) in [6.45, 7) is 2.98. The third kappa shape index (κ3) is 9.25. The van der Waals surface area contributed by atoms with Crippen LogP contribution in [0.5, 0.6) is 0 Å². The van der Waals surface area contributed by atoms with Crippen LogP contribution in [0.3, 0.4) is 0 Å². The van der Waals surface area contributed by atoms with Gasteiger partial charge in [0.2, 0.25) is 17.6 Å². The molecule has 7 N–H and O–H groups in total. The molecule has 1 unspecified atom stereocenters. The molecule has 0 spiro atoms. The van der Waals surface area contributed by atoms with E-state index in [0.717, 1.165) is 38.4 Å². The van der Waals surface area contributed by atoms with Crippen molar-refractivity contribution < 1.29 is 46.6 Å². The number of ketones is 1. The zero-order chi connectivity index (χ0) is 38.9. The minimum atomic E-state index is -3.52. The minimum Gasteiger partial charge on any atom is -0.384 e. The van der Waals surface area contributed by atoms with Gasteiger partial charge < -0.3 is 26.4 Å². The first-order valence-electron chi connectivity index (χ1n) is 17.7. The minimum absolute atomic E-state index is 0.0232. The maximum Gasteiger partial charge on any atom is 0.287 e. The highest BCUT2D eigenvalue weighted by Crippen LogP contribution is 2.47. The Kier molecular flexibility index (Phi) is 11.7. The Balaban J connectivity index is 1.49. The highest BCUT2D eigenvalue weighted by molar-refractivity contribution is 8.24. The maximum atomic E-state index is 14.7. The number of rotatable bonds is 12. The van der Waals surface area contributed by atoms with Crippen LogP contribution < -0.4 is 16.4 Å². The van der Waals surface area contributed by atoms with Crippen LogP contribution in [0.4, 0.5) is 0 Å². The van der Waals surface area contributed by atoms with E-state index in [2.05, 4.69) is 20.9 Å². The number of hydrogen-bond donors (Lipinski definition) is 6. The predicted octanol–water partition coefficient (Wildman–Crippen LogP) is 1.27. The molecule has 3 fully saturated rings. The normalized spacial score (nSPS) is 23.1. The van der Waals surface area contributed by atoms with Gasteiger partial charge in [0.15, 0.2) is 9.84 Å². The van der Waals surface area contributed by atoms with Crippen molar-refractivity contribution in [1.82, 2.24) is 30.5 Å². The van der Waals surface area contributed by atoms with Crippen molar-refractivity contribution in [1.29, 1.82) is 0 Å². The number of carbonyl (C=O) groups is 5. The number of amides is 4. The van der Waals surface area contributed by atoms with Gasteiger partial charge in [0.25, 0.3) is 11.8 Å². The van der Waals surface area contributed by atoms with Crippen LogP contribution >= 0.6 is 10.6 Å². The average Bonchev–Trinajstić information content (AvgIpc) is 3.77. The van der Waals surface area contributed by atoms with Crippen LogP contribution in [0.15, 0.2) is 35.4 Å². The van der Waals surface area contributed by atoms with Crippen molar-refractivity contribution >= 4 is 49.8 Å². The summed E-state index contributed by atoms with van der Waals surface area (Å²) >= 11 is 0. The van der Waals surface area contributed by atoms with E-state index in [0.29, 0.717) is 5.69 Å². The van der Waals surface area contributed by atoms with Crippen molar-refractivity contribution in [2.24, 2.45) is 11.7 Å². The average molecular weight is 780 g/mol. The molecule has 1 aromatic heterocycles. The summed E-state index contributed by atoms with van der Waals surface area (Å²) in [4.78, 5) is 69.4. The lowest BCUT2D eigenvalue weighted by atomic mass is 9.84. The molecular formula is C34H49N7O10S2. The van der Waals surface area contributed by atoms with Gasteiger partial charge >= 0.3 is 0 Å². The summed E-state index contributed by atoms with van der Waals surface area (Å²) in [6, 6.07) is 2.27. The van der Waals surface area contributed by atoms with Gasteiger partial charge in [-0.1, -0.05) is 37.3 Å². The lowest BCUT2D eigenvalue weighted by molar-refractivity contribution is -0.145. The number of Topliss-reactive ketones (excluding diaryl/α,β-unsaturated/α-hetero) is 1. The van der Waals surface area contributed by atoms with Gasteiger partial charge in [-0.05, 0) is 63.3 Å². The SMILES string of the molecule is CC(C)(O)c1cnnn1[C@H]1C[C@@H](C(=O)NC2(C(=O)C(N)=O)CCS(O)(O)CC2)N(C(=O)C(CC2CCCCC2)NC(=O)c2ccc(S(C)(=O)=O)cc2)C1. The molecule has 0 radical (unpaired) electrons. The van der Waals surface area contributed by atoms with E-state index in [1.807, 2.05) is 0 Å². The fraction of sp³-hybridized carbons (Fsp3) is 0.618. The molecule has 17 nitrogen and oxygen atoms in total. The van der Waals surface area contributed by atoms with Crippen LogP contribution in [0, 0.1) is 5.92 Å². The van der Waals surface area contributed by atoms with E-state index in [-0.39, 0.29) is 60.1 Å². The first-order chi connectivity index (χ1) is 24.7. The third-order valence-electron chi connectivity index (χ3n) is 10.6. The second-order valence-corrected chi connectivity index (χ2v) is 19.5. The molecule has 5 rings (SSSR count). The van der Waals surface area contributed by atoms with Gasteiger partial charge in [-0.15, -0.1) is 5.10 Å². The van der Waals surface area contributed by atoms with Crippen molar-refractivity contribution in [3.63, 3.8) is 0 Å². The molecule has 2 aliphatic heterocycles. The Morgan fingerprint density at radius 1 is 1.06 bits per heavy atom. The van der Waals surface area contributed by atoms with Crippen LogP contribution in [-0.2, 0) is 34.6 Å². The smallest absolute Gasteiger partial charge is 0.287 e. The summed E-state index contributed by atoms with van der Waals surface area (Å²) in [5.74, 6) is -4.82. The van der Waals surface area contributed by atoms with Crippen molar-refractivity contribution in [3.8, 4) is 0 Å². The molecule has 3 aliphatic rings. The van der Waals surface area contributed by atoms with Crippen molar-refractivity contribution in [2.45, 2.75) is 106 Å². The number of nitrogens with one attached hydrogen (secondary N) is 2. The monoisotopic (exact) mass is 779 g/mol. The molecular weight excluding hydrogens is 731 g/mol. The number of nitrogens with two attached hydrogens (primary N) is 1. The van der Waals surface area contributed by atoms with Gasteiger partial charge in [-0.25, -0.2) is 13.1 Å². The zero-order valence-electron chi connectivity index (χ0n) is 30.1. The molecule has 1 saturated carbocycles. The molecule has 2 saturated heterocycles. The largest absolute Gasteiger partial charge is 0.384 e. The highest BCUT2D eigenvalue weighted by Gasteiger charge is 2.50. The van der Waals surface area contributed by atoms with Gasteiger partial charge in [0, 0.05) is 36.3 Å². The quantitative estimate of drug-likeness (QED) is 0.167. The standard InChI is InChI=1S/C34H49N7O10S2/c1-33(2,47)27-19-36-39-41(27)23-18-26(31(45)38-34(28(42)29(35)43)13-15-53(50,51)16-14-34)40(20-23)32(46)25(17-21-7-5-4-6-8-21)37-30(44)22-9-11-24(12-10-22)52(3,48)49/h9-12,19,21,23,25-26,47,50-51H,4-8,13-18,20H2,1-3H3,(H2,35,43)(H,37,44)(H,38,45)/t23-,25?,26-/m0/s1. The van der Waals surface area contributed by atoms with Crippen LogP contribution in [0.1, 0.15) is 93.7 Å². The van der Waals surface area contributed by atoms with Crippen molar-refractivity contribution in [2.75, 3.05) is 24.3 Å². The molecule has 0 bridgehead atoms.